The molecule has 0 fully saturated rings. The summed E-state index contributed by atoms with van der Waals surface area (Å²) in [4.78, 5) is 0.345. The van der Waals surface area contributed by atoms with Gasteiger partial charge in [0, 0.05) is 10.7 Å². The van der Waals surface area contributed by atoms with Crippen molar-refractivity contribution in [3.8, 4) is 0 Å². The molecule has 2 rings (SSSR count). The van der Waals surface area contributed by atoms with E-state index in [2.05, 4.69) is 40.3 Å². The summed E-state index contributed by atoms with van der Waals surface area (Å²) in [6, 6.07) is 15.2. The van der Waals surface area contributed by atoms with Gasteiger partial charge in [-0.15, -0.1) is 0 Å². The summed E-state index contributed by atoms with van der Waals surface area (Å²) in [6.07, 6.45) is 1.22. The Balaban J connectivity index is 2.36. The monoisotopic (exact) mass is 367 g/mol. The second-order valence-electron chi connectivity index (χ2n) is 4.88. The van der Waals surface area contributed by atoms with Crippen molar-refractivity contribution in [2.45, 2.75) is 17.9 Å². The van der Waals surface area contributed by atoms with Gasteiger partial charge in [-0.2, -0.15) is 0 Å². The van der Waals surface area contributed by atoms with Crippen LogP contribution in [0.15, 0.2) is 57.9 Å². The number of sulfone groups is 1. The molecule has 0 amide bonds. The van der Waals surface area contributed by atoms with Crippen LogP contribution < -0.4 is 5.32 Å². The first-order valence-electron chi connectivity index (χ1n) is 6.70. The van der Waals surface area contributed by atoms with Crippen molar-refractivity contribution in [2.75, 3.05) is 12.8 Å². The van der Waals surface area contributed by atoms with Crippen LogP contribution >= 0.6 is 15.9 Å². The maximum Gasteiger partial charge on any atom is 0.175 e. The molecule has 0 aliphatic heterocycles. The van der Waals surface area contributed by atoms with Gasteiger partial charge in [-0.25, -0.2) is 8.42 Å². The van der Waals surface area contributed by atoms with E-state index in [1.807, 2.05) is 24.3 Å². The molecule has 0 bridgehead atoms. The average Bonchev–Trinajstić information content (AvgIpc) is 2.45. The molecule has 21 heavy (non-hydrogen) atoms. The van der Waals surface area contributed by atoms with E-state index in [1.165, 1.54) is 6.26 Å². The highest BCUT2D eigenvalue weighted by molar-refractivity contribution is 9.10. The number of hydrogen-bond donors (Lipinski definition) is 1. The highest BCUT2D eigenvalue weighted by Gasteiger charge is 2.14. The van der Waals surface area contributed by atoms with Crippen LogP contribution in [-0.4, -0.2) is 21.2 Å². The summed E-state index contributed by atoms with van der Waals surface area (Å²) in [6.45, 7) is 2.88. The molecule has 1 unspecified atom stereocenters. The van der Waals surface area contributed by atoms with E-state index in [0.29, 0.717) is 4.90 Å². The van der Waals surface area contributed by atoms with Gasteiger partial charge < -0.3 is 5.32 Å². The molecule has 5 heteroatoms. The predicted octanol–water partition coefficient (Wildman–Crippen LogP) is 3.55. The molecular weight excluding hydrogens is 350 g/mol. The molecule has 2 aromatic carbocycles. The zero-order valence-corrected chi connectivity index (χ0v) is 14.4. The van der Waals surface area contributed by atoms with Gasteiger partial charge in [0.1, 0.15) is 0 Å². The lowest BCUT2D eigenvalue weighted by Gasteiger charge is -2.19. The first kappa shape index (κ1) is 16.2. The zero-order valence-electron chi connectivity index (χ0n) is 12.0. The van der Waals surface area contributed by atoms with Gasteiger partial charge in [0.05, 0.1) is 10.9 Å². The van der Waals surface area contributed by atoms with E-state index in [0.717, 1.165) is 22.1 Å². The van der Waals surface area contributed by atoms with Crippen molar-refractivity contribution >= 4 is 25.8 Å². The first-order chi connectivity index (χ1) is 9.91. The van der Waals surface area contributed by atoms with Crippen LogP contribution in [0.4, 0.5) is 0 Å². The van der Waals surface area contributed by atoms with Gasteiger partial charge in [-0.3, -0.25) is 0 Å². The number of rotatable bonds is 5. The van der Waals surface area contributed by atoms with Crippen molar-refractivity contribution in [3.63, 3.8) is 0 Å². The van der Waals surface area contributed by atoms with Gasteiger partial charge in [-0.1, -0.05) is 47.1 Å². The summed E-state index contributed by atoms with van der Waals surface area (Å²) < 4.78 is 24.1. The minimum absolute atomic E-state index is 0.0525. The molecule has 0 aliphatic rings. The molecule has 1 atom stereocenters. The molecule has 0 radical (unpaired) electrons. The van der Waals surface area contributed by atoms with Crippen LogP contribution in [0.2, 0.25) is 0 Å². The van der Waals surface area contributed by atoms with E-state index in [1.54, 1.807) is 12.1 Å². The molecular formula is C16H18BrNO2S. The van der Waals surface area contributed by atoms with E-state index in [4.69, 9.17) is 0 Å². The Kier molecular flexibility index (Phi) is 5.19. The van der Waals surface area contributed by atoms with Crippen molar-refractivity contribution in [2.24, 2.45) is 0 Å². The van der Waals surface area contributed by atoms with Crippen molar-refractivity contribution in [1.29, 1.82) is 0 Å². The van der Waals surface area contributed by atoms with Crippen LogP contribution in [0, 0.1) is 0 Å². The van der Waals surface area contributed by atoms with Gasteiger partial charge in [0.15, 0.2) is 9.84 Å². The molecule has 1 N–H and O–H groups in total. The molecule has 0 spiro atoms. The quantitative estimate of drug-likeness (QED) is 0.878. The van der Waals surface area contributed by atoms with E-state index >= 15 is 0 Å². The Bertz CT molecular complexity index is 694. The first-order valence-corrected chi connectivity index (χ1v) is 9.39. The van der Waals surface area contributed by atoms with Crippen LogP contribution in [0.1, 0.15) is 24.1 Å². The number of benzene rings is 2. The number of nitrogens with one attached hydrogen (secondary N) is 1. The SMILES string of the molecule is CCNC(c1ccc(Br)cc1)c1ccc(S(C)(=O)=O)cc1. The maximum absolute atomic E-state index is 11.5. The van der Waals surface area contributed by atoms with Gasteiger partial charge in [0.2, 0.25) is 0 Å². The van der Waals surface area contributed by atoms with E-state index in [9.17, 15) is 8.42 Å². The molecule has 112 valence electrons. The molecule has 0 saturated heterocycles. The van der Waals surface area contributed by atoms with Crippen molar-refractivity contribution in [3.05, 3.63) is 64.1 Å². The fraction of sp³-hybridized carbons (Fsp3) is 0.250. The lowest BCUT2D eigenvalue weighted by molar-refractivity contribution is 0.601. The Morgan fingerprint density at radius 1 is 1.00 bits per heavy atom. The molecule has 0 saturated carbocycles. The summed E-state index contributed by atoms with van der Waals surface area (Å²) in [7, 11) is -3.15. The third kappa shape index (κ3) is 4.15. The molecule has 0 aromatic heterocycles. The van der Waals surface area contributed by atoms with Gasteiger partial charge in [-0.05, 0) is 41.9 Å². The Labute approximate surface area is 134 Å². The topological polar surface area (TPSA) is 46.2 Å². The van der Waals surface area contributed by atoms with Crippen LogP contribution in [0.3, 0.4) is 0 Å². The van der Waals surface area contributed by atoms with Crippen LogP contribution in [0.25, 0.3) is 0 Å². The summed E-state index contributed by atoms with van der Waals surface area (Å²) in [5.41, 5.74) is 2.19. The second-order valence-corrected chi connectivity index (χ2v) is 7.81. The summed E-state index contributed by atoms with van der Waals surface area (Å²) >= 11 is 3.43. The van der Waals surface area contributed by atoms with Gasteiger partial charge in [0.25, 0.3) is 0 Å². The standard InChI is InChI=1S/C16H18BrNO2S/c1-3-18-16(12-4-8-14(17)9-5-12)13-6-10-15(11-7-13)21(2,19)20/h4-11,16,18H,3H2,1-2H3. The summed E-state index contributed by atoms with van der Waals surface area (Å²) in [5, 5.41) is 3.43. The predicted molar refractivity (Wildman–Crippen MR) is 89.2 cm³/mol. The van der Waals surface area contributed by atoms with Crippen molar-refractivity contribution in [1.82, 2.24) is 5.32 Å². The van der Waals surface area contributed by atoms with Crippen LogP contribution in [0.5, 0.6) is 0 Å². The molecule has 0 aliphatic carbocycles. The van der Waals surface area contributed by atoms with Crippen LogP contribution in [-0.2, 0) is 9.84 Å². The molecule has 2 aromatic rings. The minimum Gasteiger partial charge on any atom is -0.307 e. The Morgan fingerprint density at radius 3 is 1.90 bits per heavy atom. The largest absolute Gasteiger partial charge is 0.307 e. The maximum atomic E-state index is 11.5. The third-order valence-corrected chi connectivity index (χ3v) is 4.91. The van der Waals surface area contributed by atoms with Crippen molar-refractivity contribution < 1.29 is 8.42 Å². The second kappa shape index (κ2) is 6.73. The van der Waals surface area contributed by atoms with E-state index in [-0.39, 0.29) is 6.04 Å². The zero-order chi connectivity index (χ0) is 15.5. The smallest absolute Gasteiger partial charge is 0.175 e. The molecule has 3 nitrogen and oxygen atoms in total. The number of halogens is 1. The Hall–Kier alpha value is -1.17. The average molecular weight is 368 g/mol. The number of hydrogen-bond acceptors (Lipinski definition) is 3. The Morgan fingerprint density at radius 2 is 1.48 bits per heavy atom. The molecule has 0 heterocycles. The lowest BCUT2D eigenvalue weighted by Crippen LogP contribution is -2.22. The third-order valence-electron chi connectivity index (χ3n) is 3.25. The highest BCUT2D eigenvalue weighted by Crippen LogP contribution is 2.24. The normalized spacial score (nSPS) is 13.1. The minimum atomic E-state index is -3.15. The fourth-order valence-electron chi connectivity index (χ4n) is 2.19. The lowest BCUT2D eigenvalue weighted by atomic mass is 9.99. The van der Waals surface area contributed by atoms with E-state index < -0.39 is 9.84 Å². The highest BCUT2D eigenvalue weighted by atomic mass is 79.9. The van der Waals surface area contributed by atoms with Gasteiger partial charge >= 0.3 is 0 Å². The fourth-order valence-corrected chi connectivity index (χ4v) is 3.09. The summed E-state index contributed by atoms with van der Waals surface area (Å²) in [5.74, 6) is 0.